The zero-order chi connectivity index (χ0) is 11.5. The molecule has 2 unspecified atom stereocenters. The fourth-order valence-electron chi connectivity index (χ4n) is 1.51. The summed E-state index contributed by atoms with van der Waals surface area (Å²) >= 11 is 5.76. The Hall–Kier alpha value is -1.10. The highest BCUT2D eigenvalue weighted by Crippen LogP contribution is 2.37. The van der Waals surface area contributed by atoms with Gasteiger partial charge in [-0.1, -0.05) is 6.92 Å². The summed E-state index contributed by atoms with van der Waals surface area (Å²) in [5.41, 5.74) is 0. The van der Waals surface area contributed by atoms with Gasteiger partial charge in [-0.25, -0.2) is 0 Å². The summed E-state index contributed by atoms with van der Waals surface area (Å²) in [6.07, 6.45) is 1.27. The number of nitrogens with zero attached hydrogens (tertiary/aromatic N) is 3. The molecule has 1 saturated carbocycles. The van der Waals surface area contributed by atoms with Gasteiger partial charge in [0.25, 0.3) is 0 Å². The number of anilines is 1. The van der Waals surface area contributed by atoms with Gasteiger partial charge in [-0.05, 0) is 36.8 Å². The molecule has 0 aromatic carbocycles. The summed E-state index contributed by atoms with van der Waals surface area (Å²) in [5, 5.41) is 3.31. The molecule has 0 saturated heterocycles. The van der Waals surface area contributed by atoms with Gasteiger partial charge in [0.2, 0.25) is 11.2 Å². The highest BCUT2D eigenvalue weighted by molar-refractivity contribution is 6.28. The van der Waals surface area contributed by atoms with Gasteiger partial charge in [-0.3, -0.25) is 0 Å². The highest BCUT2D eigenvalue weighted by Gasteiger charge is 2.32. The minimum absolute atomic E-state index is 0.157. The van der Waals surface area contributed by atoms with E-state index in [0.29, 0.717) is 12.6 Å². The third-order valence-electron chi connectivity index (χ3n) is 2.66. The van der Waals surface area contributed by atoms with Gasteiger partial charge in [0.15, 0.2) is 0 Å². The lowest BCUT2D eigenvalue weighted by Gasteiger charge is -2.06. The first-order valence-electron chi connectivity index (χ1n) is 5.47. The molecule has 1 N–H and O–H groups in total. The van der Waals surface area contributed by atoms with Crippen molar-refractivity contribution < 1.29 is 4.74 Å². The van der Waals surface area contributed by atoms with Crippen molar-refractivity contribution >= 4 is 17.5 Å². The average Bonchev–Trinajstić information content (AvgIpc) is 2.91. The fourth-order valence-corrected chi connectivity index (χ4v) is 1.66. The maximum absolute atomic E-state index is 5.76. The van der Waals surface area contributed by atoms with Crippen LogP contribution in [0.25, 0.3) is 0 Å². The smallest absolute Gasteiger partial charge is 0.322 e. The maximum Gasteiger partial charge on any atom is 0.322 e. The molecule has 1 aromatic heterocycles. The Morgan fingerprint density at radius 3 is 2.81 bits per heavy atom. The van der Waals surface area contributed by atoms with E-state index in [1.165, 1.54) is 6.42 Å². The molecule has 88 valence electrons. The summed E-state index contributed by atoms with van der Waals surface area (Å²) in [6.45, 7) is 5.50. The molecule has 1 aliphatic rings. The van der Waals surface area contributed by atoms with Crippen LogP contribution in [-0.4, -0.2) is 28.1 Å². The first-order valence-corrected chi connectivity index (χ1v) is 5.85. The summed E-state index contributed by atoms with van der Waals surface area (Å²) in [7, 11) is 0. The SMILES string of the molecule is CCOc1nc(Cl)nc(NCC2CC2C)n1. The third kappa shape index (κ3) is 2.95. The molecule has 0 aliphatic heterocycles. The molecule has 1 aliphatic carbocycles. The molecule has 2 rings (SSSR count). The molecular formula is C10H15ClN4O. The second kappa shape index (κ2) is 4.82. The molecule has 1 heterocycles. The van der Waals surface area contributed by atoms with E-state index in [0.717, 1.165) is 18.4 Å². The van der Waals surface area contributed by atoms with E-state index in [1.807, 2.05) is 6.92 Å². The van der Waals surface area contributed by atoms with E-state index in [4.69, 9.17) is 16.3 Å². The summed E-state index contributed by atoms with van der Waals surface area (Å²) in [4.78, 5) is 12.0. The predicted molar refractivity (Wildman–Crippen MR) is 61.8 cm³/mol. The molecule has 1 fully saturated rings. The van der Waals surface area contributed by atoms with Gasteiger partial charge in [0.05, 0.1) is 6.61 Å². The predicted octanol–water partition coefficient (Wildman–Crippen LogP) is 1.99. The van der Waals surface area contributed by atoms with Gasteiger partial charge in [0, 0.05) is 6.54 Å². The van der Waals surface area contributed by atoms with Crippen molar-refractivity contribution in [1.82, 2.24) is 15.0 Å². The molecule has 5 nitrogen and oxygen atoms in total. The normalized spacial score (nSPS) is 22.9. The van der Waals surface area contributed by atoms with Crippen LogP contribution in [0.1, 0.15) is 20.3 Å². The number of aromatic nitrogens is 3. The minimum atomic E-state index is 0.157. The van der Waals surface area contributed by atoms with E-state index in [9.17, 15) is 0 Å². The maximum atomic E-state index is 5.76. The van der Waals surface area contributed by atoms with Crippen LogP contribution < -0.4 is 10.1 Å². The molecule has 0 radical (unpaired) electrons. The summed E-state index contributed by atoms with van der Waals surface area (Å²) < 4.78 is 5.18. The van der Waals surface area contributed by atoms with Crippen molar-refractivity contribution in [2.45, 2.75) is 20.3 Å². The monoisotopic (exact) mass is 242 g/mol. The van der Waals surface area contributed by atoms with Crippen molar-refractivity contribution in [3.8, 4) is 6.01 Å². The van der Waals surface area contributed by atoms with Crippen LogP contribution in [0.2, 0.25) is 5.28 Å². The van der Waals surface area contributed by atoms with E-state index >= 15 is 0 Å². The second-order valence-electron chi connectivity index (χ2n) is 4.00. The minimum Gasteiger partial charge on any atom is -0.464 e. The van der Waals surface area contributed by atoms with Gasteiger partial charge in [0.1, 0.15) is 0 Å². The van der Waals surface area contributed by atoms with Crippen molar-refractivity contribution in [3.63, 3.8) is 0 Å². The standard InChI is InChI=1S/C10H15ClN4O/c1-3-16-10-14-8(11)13-9(15-10)12-5-7-4-6(7)2/h6-7H,3-5H2,1-2H3,(H,12,13,14,15). The number of halogens is 1. The zero-order valence-corrected chi connectivity index (χ0v) is 10.2. The lowest BCUT2D eigenvalue weighted by atomic mass is 10.3. The van der Waals surface area contributed by atoms with Gasteiger partial charge in [-0.15, -0.1) is 0 Å². The topological polar surface area (TPSA) is 59.9 Å². The molecule has 0 bridgehead atoms. The van der Waals surface area contributed by atoms with Crippen molar-refractivity contribution in [3.05, 3.63) is 5.28 Å². The second-order valence-corrected chi connectivity index (χ2v) is 4.34. The molecule has 2 atom stereocenters. The largest absolute Gasteiger partial charge is 0.464 e. The van der Waals surface area contributed by atoms with E-state index in [2.05, 4.69) is 27.2 Å². The number of hydrogen-bond donors (Lipinski definition) is 1. The van der Waals surface area contributed by atoms with Crippen molar-refractivity contribution in [2.75, 3.05) is 18.5 Å². The Balaban J connectivity index is 1.96. The fraction of sp³-hybridized carbons (Fsp3) is 0.700. The first-order chi connectivity index (χ1) is 7.69. The lowest BCUT2D eigenvalue weighted by Crippen LogP contribution is -2.10. The molecule has 0 amide bonds. The number of nitrogens with one attached hydrogen (secondary N) is 1. The Kier molecular flexibility index (Phi) is 3.43. The van der Waals surface area contributed by atoms with E-state index in [-0.39, 0.29) is 11.3 Å². The number of hydrogen-bond acceptors (Lipinski definition) is 5. The van der Waals surface area contributed by atoms with Crippen molar-refractivity contribution in [1.29, 1.82) is 0 Å². The van der Waals surface area contributed by atoms with Crippen LogP contribution >= 0.6 is 11.6 Å². The highest BCUT2D eigenvalue weighted by atomic mass is 35.5. The van der Waals surface area contributed by atoms with Crippen LogP contribution in [0.4, 0.5) is 5.95 Å². The van der Waals surface area contributed by atoms with Crippen LogP contribution in [0.3, 0.4) is 0 Å². The average molecular weight is 243 g/mol. The summed E-state index contributed by atoms with van der Waals surface area (Å²) in [6, 6.07) is 0.272. The molecule has 0 spiro atoms. The van der Waals surface area contributed by atoms with Crippen LogP contribution in [0.15, 0.2) is 0 Å². The Morgan fingerprint density at radius 1 is 1.44 bits per heavy atom. The third-order valence-corrected chi connectivity index (χ3v) is 2.83. The van der Waals surface area contributed by atoms with Crippen LogP contribution in [-0.2, 0) is 0 Å². The Bertz CT molecular complexity index is 374. The molecule has 6 heteroatoms. The zero-order valence-electron chi connectivity index (χ0n) is 9.40. The molecular weight excluding hydrogens is 228 g/mol. The molecule has 16 heavy (non-hydrogen) atoms. The quantitative estimate of drug-likeness (QED) is 0.856. The van der Waals surface area contributed by atoms with Crippen molar-refractivity contribution in [2.24, 2.45) is 11.8 Å². The Labute approximate surface area is 99.6 Å². The van der Waals surface area contributed by atoms with E-state index < -0.39 is 0 Å². The van der Waals surface area contributed by atoms with Gasteiger partial charge >= 0.3 is 6.01 Å². The van der Waals surface area contributed by atoms with Crippen LogP contribution in [0.5, 0.6) is 6.01 Å². The van der Waals surface area contributed by atoms with Crippen LogP contribution in [0, 0.1) is 11.8 Å². The first kappa shape index (κ1) is 11.4. The summed E-state index contributed by atoms with van der Waals surface area (Å²) in [5.74, 6) is 2.02. The van der Waals surface area contributed by atoms with E-state index in [1.54, 1.807) is 0 Å². The van der Waals surface area contributed by atoms with Gasteiger partial charge < -0.3 is 10.1 Å². The number of rotatable bonds is 5. The van der Waals surface area contributed by atoms with Gasteiger partial charge in [-0.2, -0.15) is 15.0 Å². The number of ether oxygens (including phenoxy) is 1. The lowest BCUT2D eigenvalue weighted by molar-refractivity contribution is 0.312. The Morgan fingerprint density at radius 2 is 2.19 bits per heavy atom. The molecule has 1 aromatic rings.